The summed E-state index contributed by atoms with van der Waals surface area (Å²) in [5.41, 5.74) is -6.31. The lowest BCUT2D eigenvalue weighted by Gasteiger charge is -2.72. The number of ketones is 1. The zero-order valence-corrected chi connectivity index (χ0v) is 18.3. The van der Waals surface area contributed by atoms with E-state index in [-0.39, 0.29) is 23.4 Å². The molecule has 168 valence electrons. The molecule has 0 bridgehead atoms. The average molecular weight is 424 g/mol. The van der Waals surface area contributed by atoms with Crippen LogP contribution in [0.4, 0.5) is 0 Å². The number of aliphatic hydroxyl groups is 3. The lowest BCUT2D eigenvalue weighted by molar-refractivity contribution is -0.371. The fraction of sp³-hybridized carbons (Fsp3) is 0.818. The van der Waals surface area contributed by atoms with Gasteiger partial charge in [0.2, 0.25) is 5.78 Å². The number of fused-ring (bicyclic) bond motifs is 2. The molecular formula is C22H32O8. The Kier molecular flexibility index (Phi) is 4.55. The summed E-state index contributed by atoms with van der Waals surface area (Å²) in [5, 5.41) is 34.9. The van der Waals surface area contributed by atoms with Crippen LogP contribution in [0.5, 0.6) is 0 Å². The summed E-state index contributed by atoms with van der Waals surface area (Å²) in [4.78, 5) is 26.2. The molecule has 0 aromatic rings. The van der Waals surface area contributed by atoms with Gasteiger partial charge in [-0.05, 0) is 31.3 Å². The SMILES string of the molecule is COC1=CC(C)C2C[C@H]3OC(=O)C[C@]4(O)[C@@]3(C)C(C(O)[C@@H](OC)[C@@]4(C)O)[C@@]2(C)C1=O. The number of carbonyl (C=O) groups excluding carboxylic acids is 2. The first-order valence-corrected chi connectivity index (χ1v) is 10.5. The van der Waals surface area contributed by atoms with Gasteiger partial charge in [0, 0.05) is 23.9 Å². The molecule has 8 heteroatoms. The van der Waals surface area contributed by atoms with Crippen molar-refractivity contribution >= 4 is 11.8 Å². The molecular weight excluding hydrogens is 392 g/mol. The van der Waals surface area contributed by atoms with Crippen molar-refractivity contribution in [1.82, 2.24) is 0 Å². The van der Waals surface area contributed by atoms with Crippen LogP contribution >= 0.6 is 0 Å². The number of hydrogen-bond donors (Lipinski definition) is 3. The highest BCUT2D eigenvalue weighted by Gasteiger charge is 2.81. The minimum atomic E-state index is -1.96. The van der Waals surface area contributed by atoms with Gasteiger partial charge in [0.25, 0.3) is 0 Å². The van der Waals surface area contributed by atoms with E-state index < -0.39 is 58.7 Å². The maximum atomic E-state index is 13.6. The highest BCUT2D eigenvalue weighted by atomic mass is 16.6. The van der Waals surface area contributed by atoms with Crippen LogP contribution in [0, 0.1) is 28.6 Å². The van der Waals surface area contributed by atoms with Gasteiger partial charge in [0.15, 0.2) is 5.76 Å². The van der Waals surface area contributed by atoms with Gasteiger partial charge in [0.1, 0.15) is 23.4 Å². The Morgan fingerprint density at radius 2 is 1.80 bits per heavy atom. The second-order valence-corrected chi connectivity index (χ2v) is 10.1. The maximum absolute atomic E-state index is 13.6. The van der Waals surface area contributed by atoms with Crippen LogP contribution < -0.4 is 0 Å². The Balaban J connectivity index is 2.01. The Morgan fingerprint density at radius 3 is 2.37 bits per heavy atom. The molecule has 0 amide bonds. The third-order valence-electron chi connectivity index (χ3n) is 9.04. The van der Waals surface area contributed by atoms with Crippen LogP contribution in [-0.2, 0) is 23.8 Å². The van der Waals surface area contributed by atoms with Crippen molar-refractivity contribution in [2.75, 3.05) is 14.2 Å². The smallest absolute Gasteiger partial charge is 0.309 e. The molecule has 2 saturated carbocycles. The Labute approximate surface area is 176 Å². The van der Waals surface area contributed by atoms with Crippen molar-refractivity contribution in [1.29, 1.82) is 0 Å². The molecule has 3 fully saturated rings. The number of ether oxygens (including phenoxy) is 3. The summed E-state index contributed by atoms with van der Waals surface area (Å²) in [7, 11) is 2.77. The number of rotatable bonds is 2. The summed E-state index contributed by atoms with van der Waals surface area (Å²) < 4.78 is 16.6. The standard InChI is InChI=1S/C22H32O8/c1-10-7-12(28-5)17(25)19(2)11(10)8-13-20(3)16(19)15(24)18(29-6)21(4,26)22(20,27)9-14(23)30-13/h7,10-11,13,15-16,18,24,26-27H,8-9H2,1-6H3/t10?,11?,13-,15?,16?,18-,19+,20-,21-,22+/m1/s1. The van der Waals surface area contributed by atoms with Crippen molar-refractivity contribution in [3.8, 4) is 0 Å². The number of carbonyl (C=O) groups is 2. The number of esters is 1. The molecule has 30 heavy (non-hydrogen) atoms. The Morgan fingerprint density at radius 1 is 1.17 bits per heavy atom. The Hall–Kier alpha value is -1.48. The van der Waals surface area contributed by atoms with Crippen LogP contribution in [-0.4, -0.2) is 70.8 Å². The van der Waals surface area contributed by atoms with Gasteiger partial charge in [-0.15, -0.1) is 0 Å². The fourth-order valence-corrected chi connectivity index (χ4v) is 7.54. The van der Waals surface area contributed by atoms with Crippen molar-refractivity contribution < 1.29 is 39.1 Å². The van der Waals surface area contributed by atoms with Crippen LogP contribution in [0.1, 0.15) is 40.5 Å². The second kappa shape index (κ2) is 6.28. The van der Waals surface area contributed by atoms with E-state index in [1.165, 1.54) is 21.1 Å². The topological polar surface area (TPSA) is 123 Å². The molecule has 8 nitrogen and oxygen atoms in total. The highest BCUT2D eigenvalue weighted by molar-refractivity contribution is 6.00. The Bertz CT molecular complexity index is 820. The summed E-state index contributed by atoms with van der Waals surface area (Å²) >= 11 is 0. The molecule has 1 saturated heterocycles. The minimum absolute atomic E-state index is 0.0865. The van der Waals surface area contributed by atoms with E-state index in [4.69, 9.17) is 14.2 Å². The van der Waals surface area contributed by atoms with Gasteiger partial charge in [-0.25, -0.2) is 0 Å². The largest absolute Gasteiger partial charge is 0.493 e. The number of methoxy groups -OCH3 is 2. The molecule has 1 heterocycles. The van der Waals surface area contributed by atoms with E-state index in [0.717, 1.165) is 0 Å². The first-order valence-electron chi connectivity index (χ1n) is 10.5. The van der Waals surface area contributed by atoms with Crippen molar-refractivity contribution in [2.24, 2.45) is 28.6 Å². The van der Waals surface area contributed by atoms with Gasteiger partial charge in [-0.2, -0.15) is 0 Å². The monoisotopic (exact) mass is 424 g/mol. The van der Waals surface area contributed by atoms with Gasteiger partial charge >= 0.3 is 5.97 Å². The zero-order chi connectivity index (χ0) is 22.4. The van der Waals surface area contributed by atoms with Crippen LogP contribution in [0.15, 0.2) is 11.8 Å². The molecule has 0 spiro atoms. The second-order valence-electron chi connectivity index (χ2n) is 10.1. The predicted octanol–water partition coefficient (Wildman–Crippen LogP) is 0.571. The van der Waals surface area contributed by atoms with Gasteiger partial charge < -0.3 is 29.5 Å². The molecule has 0 aromatic carbocycles. The molecule has 10 atom stereocenters. The first-order chi connectivity index (χ1) is 13.8. The predicted molar refractivity (Wildman–Crippen MR) is 104 cm³/mol. The van der Waals surface area contributed by atoms with Crippen molar-refractivity contribution in [3.05, 3.63) is 11.8 Å². The molecule has 4 rings (SSSR count). The summed E-state index contributed by atoms with van der Waals surface area (Å²) in [6.45, 7) is 6.85. The number of allylic oxidation sites excluding steroid dienone is 2. The summed E-state index contributed by atoms with van der Waals surface area (Å²) in [5.74, 6) is -1.83. The zero-order valence-electron chi connectivity index (χ0n) is 18.3. The van der Waals surface area contributed by atoms with E-state index >= 15 is 0 Å². The van der Waals surface area contributed by atoms with Crippen molar-refractivity contribution in [3.63, 3.8) is 0 Å². The van der Waals surface area contributed by atoms with Crippen LogP contribution in [0.3, 0.4) is 0 Å². The van der Waals surface area contributed by atoms with E-state index in [1.54, 1.807) is 19.9 Å². The van der Waals surface area contributed by atoms with E-state index in [1.807, 2.05) is 6.92 Å². The quantitative estimate of drug-likeness (QED) is 0.550. The van der Waals surface area contributed by atoms with Gasteiger partial charge in [0.05, 0.1) is 19.6 Å². The molecule has 4 aliphatic rings. The normalized spacial score (nSPS) is 55.2. The number of Topliss-reactive ketones (excluding diaryl/α,β-unsaturated/α-hetero) is 1. The molecule has 1 aliphatic heterocycles. The molecule has 3 N–H and O–H groups in total. The lowest BCUT2D eigenvalue weighted by atomic mass is 9.36. The van der Waals surface area contributed by atoms with Gasteiger partial charge in [-0.1, -0.05) is 20.8 Å². The minimum Gasteiger partial charge on any atom is -0.493 e. The molecule has 4 unspecified atom stereocenters. The third kappa shape index (κ3) is 2.16. The van der Waals surface area contributed by atoms with Gasteiger partial charge in [-0.3, -0.25) is 9.59 Å². The number of hydrogen-bond acceptors (Lipinski definition) is 8. The molecule has 0 aromatic heterocycles. The van der Waals surface area contributed by atoms with E-state index in [0.29, 0.717) is 6.42 Å². The first kappa shape index (κ1) is 21.7. The third-order valence-corrected chi connectivity index (χ3v) is 9.04. The van der Waals surface area contributed by atoms with Crippen LogP contribution in [0.2, 0.25) is 0 Å². The maximum Gasteiger partial charge on any atom is 0.309 e. The average Bonchev–Trinajstić information content (AvgIpc) is 2.64. The lowest BCUT2D eigenvalue weighted by Crippen LogP contribution is -2.85. The molecule has 0 radical (unpaired) electrons. The molecule has 3 aliphatic carbocycles. The van der Waals surface area contributed by atoms with E-state index in [9.17, 15) is 24.9 Å². The summed E-state index contributed by atoms with van der Waals surface area (Å²) in [6, 6.07) is 0. The fourth-order valence-electron chi connectivity index (χ4n) is 7.54. The summed E-state index contributed by atoms with van der Waals surface area (Å²) in [6.07, 6.45) is -1.60. The highest BCUT2D eigenvalue weighted by Crippen LogP contribution is 2.70. The van der Waals surface area contributed by atoms with Crippen molar-refractivity contribution in [2.45, 2.75) is 70.1 Å². The van der Waals surface area contributed by atoms with E-state index in [2.05, 4.69) is 0 Å². The van der Waals surface area contributed by atoms with Crippen LogP contribution in [0.25, 0.3) is 0 Å². The number of aliphatic hydroxyl groups excluding tert-OH is 1.